The van der Waals surface area contributed by atoms with Crippen LogP contribution in [-0.4, -0.2) is 35.9 Å². The zero-order valence-electron chi connectivity index (χ0n) is 10.4. The highest BCUT2D eigenvalue weighted by Gasteiger charge is 2.36. The predicted molar refractivity (Wildman–Crippen MR) is 72.0 cm³/mol. The normalized spacial score (nSPS) is 22.9. The first kappa shape index (κ1) is 12.9. The molecule has 1 saturated carbocycles. The Hall–Kier alpha value is -1.14. The molecule has 102 valence electrons. The highest BCUT2D eigenvalue weighted by molar-refractivity contribution is 7.17. The summed E-state index contributed by atoms with van der Waals surface area (Å²) >= 11 is 7.21. The zero-order valence-corrected chi connectivity index (χ0v) is 12.0. The summed E-state index contributed by atoms with van der Waals surface area (Å²) in [6, 6.07) is 0. The average Bonchev–Trinajstić information content (AvgIpc) is 3.05. The van der Waals surface area contributed by atoms with Gasteiger partial charge in [-0.2, -0.15) is 0 Å². The van der Waals surface area contributed by atoms with Crippen molar-refractivity contribution in [3.63, 3.8) is 0 Å². The van der Waals surface area contributed by atoms with Crippen molar-refractivity contribution < 1.29 is 14.3 Å². The number of carbonyl (C=O) groups is 2. The first-order valence-corrected chi connectivity index (χ1v) is 7.39. The number of nitrogens with zero attached hydrogens (tertiary/aromatic N) is 2. The van der Waals surface area contributed by atoms with E-state index in [0.717, 1.165) is 18.5 Å². The first-order valence-electron chi connectivity index (χ1n) is 6.13. The Labute approximate surface area is 119 Å². The third kappa shape index (κ3) is 2.34. The van der Waals surface area contributed by atoms with Crippen LogP contribution in [0.25, 0.3) is 0 Å². The van der Waals surface area contributed by atoms with E-state index in [1.807, 2.05) is 0 Å². The summed E-state index contributed by atoms with van der Waals surface area (Å²) in [5, 5.41) is 0.387. The van der Waals surface area contributed by atoms with E-state index in [0.29, 0.717) is 28.9 Å². The van der Waals surface area contributed by atoms with E-state index in [4.69, 9.17) is 16.3 Å². The third-order valence-corrected chi connectivity index (χ3v) is 4.65. The minimum Gasteiger partial charge on any atom is -0.465 e. The first-order chi connectivity index (χ1) is 9.10. The van der Waals surface area contributed by atoms with E-state index >= 15 is 0 Å². The van der Waals surface area contributed by atoms with Crippen LogP contribution in [0.2, 0.25) is 0 Å². The van der Waals surface area contributed by atoms with E-state index in [2.05, 4.69) is 4.98 Å². The van der Waals surface area contributed by atoms with Gasteiger partial charge < -0.3 is 4.74 Å². The maximum Gasteiger partial charge on any atom is 0.350 e. The van der Waals surface area contributed by atoms with Gasteiger partial charge in [0.25, 0.3) is 0 Å². The Morgan fingerprint density at radius 2 is 2.26 bits per heavy atom. The molecule has 1 aliphatic heterocycles. The lowest BCUT2D eigenvalue weighted by Gasteiger charge is -2.10. The van der Waals surface area contributed by atoms with Crippen LogP contribution >= 0.6 is 22.9 Å². The Bertz CT molecular complexity index is 541. The second-order valence-corrected chi connectivity index (χ2v) is 6.38. The van der Waals surface area contributed by atoms with Crippen molar-refractivity contribution in [1.29, 1.82) is 0 Å². The molecule has 0 spiro atoms. The number of methoxy groups -OCH3 is 1. The van der Waals surface area contributed by atoms with Crippen LogP contribution in [0.1, 0.15) is 40.5 Å². The van der Waals surface area contributed by atoms with E-state index < -0.39 is 0 Å². The zero-order chi connectivity index (χ0) is 13.6. The van der Waals surface area contributed by atoms with E-state index in [1.54, 1.807) is 4.90 Å². The second kappa shape index (κ2) is 4.76. The van der Waals surface area contributed by atoms with Crippen LogP contribution in [0, 0.1) is 0 Å². The molecule has 2 aliphatic rings. The molecule has 0 bridgehead atoms. The van der Waals surface area contributed by atoms with Crippen LogP contribution in [0.4, 0.5) is 5.13 Å². The topological polar surface area (TPSA) is 59.5 Å². The number of halogens is 1. The predicted octanol–water partition coefficient (Wildman–Crippen LogP) is 2.15. The summed E-state index contributed by atoms with van der Waals surface area (Å²) in [6.45, 7) is 0.457. The largest absolute Gasteiger partial charge is 0.465 e. The number of esters is 1. The summed E-state index contributed by atoms with van der Waals surface area (Å²) in [6.07, 6.45) is 2.41. The van der Waals surface area contributed by atoms with Crippen molar-refractivity contribution >= 4 is 39.9 Å². The summed E-state index contributed by atoms with van der Waals surface area (Å²) in [4.78, 5) is 30.1. The van der Waals surface area contributed by atoms with Crippen molar-refractivity contribution in [1.82, 2.24) is 4.98 Å². The number of alkyl halides is 1. The number of thiazole rings is 1. The molecule has 0 N–H and O–H groups in total. The lowest BCUT2D eigenvalue weighted by Crippen LogP contribution is -2.24. The SMILES string of the molecule is COC(=O)c1sc(N2CC(Cl)CC2=O)nc1C1CC1. The van der Waals surface area contributed by atoms with Gasteiger partial charge in [0.15, 0.2) is 5.13 Å². The number of carbonyl (C=O) groups excluding carboxylic acids is 2. The molecule has 1 atom stereocenters. The third-order valence-electron chi connectivity index (χ3n) is 3.29. The summed E-state index contributed by atoms with van der Waals surface area (Å²) < 4.78 is 4.78. The Kier molecular flexibility index (Phi) is 3.22. The fraction of sp³-hybridized carbons (Fsp3) is 0.583. The molecule has 1 aromatic heterocycles. The molecule has 1 aliphatic carbocycles. The molecule has 1 amide bonds. The number of hydrogen-bond acceptors (Lipinski definition) is 5. The molecule has 0 radical (unpaired) electrons. The van der Waals surface area contributed by atoms with Gasteiger partial charge >= 0.3 is 5.97 Å². The van der Waals surface area contributed by atoms with Crippen molar-refractivity contribution in [3.05, 3.63) is 10.6 Å². The van der Waals surface area contributed by atoms with Crippen molar-refractivity contribution in [3.8, 4) is 0 Å². The minimum absolute atomic E-state index is 0.0347. The smallest absolute Gasteiger partial charge is 0.350 e. The molecule has 1 saturated heterocycles. The van der Waals surface area contributed by atoms with Crippen molar-refractivity contribution in [2.24, 2.45) is 0 Å². The molecule has 3 rings (SSSR count). The number of hydrogen-bond donors (Lipinski definition) is 0. The summed E-state index contributed by atoms with van der Waals surface area (Å²) in [7, 11) is 1.36. The Balaban J connectivity index is 1.94. The van der Waals surface area contributed by atoms with Gasteiger partial charge in [-0.1, -0.05) is 11.3 Å². The molecular formula is C12H13ClN2O3S. The monoisotopic (exact) mass is 300 g/mol. The Morgan fingerprint density at radius 3 is 2.79 bits per heavy atom. The number of amides is 1. The van der Waals surface area contributed by atoms with Crippen molar-refractivity contribution in [2.75, 3.05) is 18.6 Å². The molecule has 19 heavy (non-hydrogen) atoms. The molecule has 2 fully saturated rings. The van der Waals surface area contributed by atoms with Crippen LogP contribution in [0.3, 0.4) is 0 Å². The second-order valence-electron chi connectivity index (χ2n) is 4.78. The number of aromatic nitrogens is 1. The molecule has 5 nitrogen and oxygen atoms in total. The fourth-order valence-corrected chi connectivity index (χ4v) is 3.52. The van der Waals surface area contributed by atoms with Gasteiger partial charge in [0.1, 0.15) is 4.88 Å². The van der Waals surface area contributed by atoms with Gasteiger partial charge in [-0.15, -0.1) is 11.6 Å². The quantitative estimate of drug-likeness (QED) is 0.634. The summed E-state index contributed by atoms with van der Waals surface area (Å²) in [5.41, 5.74) is 0.776. The summed E-state index contributed by atoms with van der Waals surface area (Å²) in [5.74, 6) is -0.0733. The average molecular weight is 301 g/mol. The molecule has 1 unspecified atom stereocenters. The van der Waals surface area contributed by atoms with Crippen LogP contribution in [0.5, 0.6) is 0 Å². The van der Waals surface area contributed by atoms with Gasteiger partial charge in [-0.3, -0.25) is 9.69 Å². The number of rotatable bonds is 3. The maximum atomic E-state index is 11.8. The number of ether oxygens (including phenoxy) is 1. The molecule has 2 heterocycles. The molecular weight excluding hydrogens is 288 g/mol. The van der Waals surface area contributed by atoms with Crippen LogP contribution in [-0.2, 0) is 9.53 Å². The standard InChI is InChI=1S/C12H13ClN2O3S/c1-18-11(17)10-9(6-2-3-6)14-12(19-10)15-5-7(13)4-8(15)16/h6-7H,2-5H2,1H3. The van der Waals surface area contributed by atoms with Gasteiger partial charge in [-0.05, 0) is 12.8 Å². The maximum absolute atomic E-state index is 11.8. The van der Waals surface area contributed by atoms with Gasteiger partial charge in [0, 0.05) is 18.9 Å². The Morgan fingerprint density at radius 1 is 1.53 bits per heavy atom. The van der Waals surface area contributed by atoms with Gasteiger partial charge in [-0.25, -0.2) is 9.78 Å². The minimum atomic E-state index is -0.375. The highest BCUT2D eigenvalue weighted by Crippen LogP contribution is 2.44. The molecule has 1 aromatic rings. The molecule has 7 heteroatoms. The lowest BCUT2D eigenvalue weighted by atomic mass is 10.2. The van der Waals surface area contributed by atoms with E-state index in [-0.39, 0.29) is 17.3 Å². The fourth-order valence-electron chi connectivity index (χ4n) is 2.16. The molecule has 0 aromatic carbocycles. The van der Waals surface area contributed by atoms with Crippen LogP contribution in [0.15, 0.2) is 0 Å². The van der Waals surface area contributed by atoms with E-state index in [9.17, 15) is 9.59 Å². The highest BCUT2D eigenvalue weighted by atomic mass is 35.5. The van der Waals surface area contributed by atoms with E-state index in [1.165, 1.54) is 18.4 Å². The van der Waals surface area contributed by atoms with Gasteiger partial charge in [0.2, 0.25) is 5.91 Å². The number of anilines is 1. The van der Waals surface area contributed by atoms with Gasteiger partial charge in [0.05, 0.1) is 18.2 Å². The van der Waals surface area contributed by atoms with Crippen molar-refractivity contribution in [2.45, 2.75) is 30.6 Å². The lowest BCUT2D eigenvalue weighted by molar-refractivity contribution is -0.117. The van der Waals surface area contributed by atoms with Crippen LogP contribution < -0.4 is 4.90 Å².